The van der Waals surface area contributed by atoms with Crippen LogP contribution in [0.1, 0.15) is 6.42 Å². The fourth-order valence-corrected chi connectivity index (χ4v) is 2.90. The SMILES string of the molecule is OC(O)Oc1nc(N2CCOC3CC32)c2cnc(Cl)c(F)c2n1. The number of anilines is 1. The summed E-state index contributed by atoms with van der Waals surface area (Å²) in [5.41, 5.74) is -0.0886. The van der Waals surface area contributed by atoms with Crippen molar-refractivity contribution >= 4 is 28.3 Å². The highest BCUT2D eigenvalue weighted by molar-refractivity contribution is 6.30. The van der Waals surface area contributed by atoms with Crippen LogP contribution in [0, 0.1) is 5.82 Å². The Hall–Kier alpha value is -1.81. The fourth-order valence-electron chi connectivity index (χ4n) is 2.76. The van der Waals surface area contributed by atoms with Gasteiger partial charge in [-0.3, -0.25) is 0 Å². The van der Waals surface area contributed by atoms with Crippen molar-refractivity contribution in [3.05, 3.63) is 17.2 Å². The molecule has 0 radical (unpaired) electrons. The summed E-state index contributed by atoms with van der Waals surface area (Å²) in [6, 6.07) is -0.208. The molecule has 2 aromatic rings. The maximum Gasteiger partial charge on any atom is 0.323 e. The van der Waals surface area contributed by atoms with Gasteiger partial charge >= 0.3 is 12.5 Å². The molecule has 3 heterocycles. The number of aromatic nitrogens is 3. The van der Waals surface area contributed by atoms with Crippen LogP contribution in [0.2, 0.25) is 5.15 Å². The number of rotatable bonds is 3. The number of hydrogen-bond donors (Lipinski definition) is 2. The average Bonchev–Trinajstić information content (AvgIpc) is 3.29. The third-order valence-corrected chi connectivity index (χ3v) is 4.11. The standard InChI is InChI=1S/C13H12ClFN4O4/c14-10-8(15)9-5(4-16-10)11(18-12(17-9)23-13(20)21)19-1-2-22-7-3-6(7)19/h4,6-7,13,20-21H,1-3H2. The molecule has 122 valence electrons. The highest BCUT2D eigenvalue weighted by atomic mass is 35.5. The zero-order valence-corrected chi connectivity index (χ0v) is 12.4. The molecular formula is C13H12ClFN4O4. The van der Waals surface area contributed by atoms with E-state index in [2.05, 4.69) is 15.0 Å². The van der Waals surface area contributed by atoms with Gasteiger partial charge in [-0.15, -0.1) is 0 Å². The fraction of sp³-hybridized carbons (Fsp3) is 0.462. The third-order valence-electron chi connectivity index (χ3n) is 3.85. The molecule has 0 amide bonds. The number of halogens is 2. The Morgan fingerprint density at radius 3 is 3.04 bits per heavy atom. The molecule has 2 aliphatic rings. The Labute approximate surface area is 134 Å². The minimum atomic E-state index is -2.11. The highest BCUT2D eigenvalue weighted by Crippen LogP contribution is 2.40. The Balaban J connectivity index is 1.88. The van der Waals surface area contributed by atoms with E-state index in [1.54, 1.807) is 0 Å². The van der Waals surface area contributed by atoms with E-state index in [1.807, 2.05) is 4.90 Å². The van der Waals surface area contributed by atoms with E-state index in [1.165, 1.54) is 6.20 Å². The van der Waals surface area contributed by atoms with Crippen LogP contribution in [0.5, 0.6) is 6.01 Å². The number of aliphatic hydroxyl groups is 2. The molecule has 2 unspecified atom stereocenters. The summed E-state index contributed by atoms with van der Waals surface area (Å²) in [5.74, 6) is -0.407. The zero-order chi connectivity index (χ0) is 16.1. The van der Waals surface area contributed by atoms with Gasteiger partial charge in [-0.2, -0.15) is 9.97 Å². The Morgan fingerprint density at radius 2 is 2.26 bits per heavy atom. The Morgan fingerprint density at radius 1 is 1.43 bits per heavy atom. The number of hydrogen-bond acceptors (Lipinski definition) is 8. The first kappa shape index (κ1) is 14.8. The lowest BCUT2D eigenvalue weighted by Crippen LogP contribution is -2.37. The van der Waals surface area contributed by atoms with Gasteiger partial charge < -0.3 is 24.6 Å². The van der Waals surface area contributed by atoms with Crippen molar-refractivity contribution in [2.45, 2.75) is 25.0 Å². The molecule has 23 heavy (non-hydrogen) atoms. The van der Waals surface area contributed by atoms with Crippen molar-refractivity contribution in [1.82, 2.24) is 15.0 Å². The number of ether oxygens (including phenoxy) is 2. The summed E-state index contributed by atoms with van der Waals surface area (Å²) >= 11 is 5.70. The second kappa shape index (κ2) is 5.38. The normalized spacial score (nSPS) is 23.3. The van der Waals surface area contributed by atoms with Gasteiger partial charge in [0.15, 0.2) is 11.0 Å². The van der Waals surface area contributed by atoms with Crippen LogP contribution in [0.4, 0.5) is 10.2 Å². The van der Waals surface area contributed by atoms with Crippen molar-refractivity contribution in [3.8, 4) is 6.01 Å². The van der Waals surface area contributed by atoms with Crippen LogP contribution in [0.25, 0.3) is 10.9 Å². The van der Waals surface area contributed by atoms with E-state index >= 15 is 0 Å². The first-order valence-electron chi connectivity index (χ1n) is 6.97. The number of fused-ring (bicyclic) bond motifs is 2. The van der Waals surface area contributed by atoms with E-state index < -0.39 is 12.3 Å². The van der Waals surface area contributed by atoms with Gasteiger partial charge in [-0.1, -0.05) is 11.6 Å². The lowest BCUT2D eigenvalue weighted by atomic mass is 10.2. The predicted octanol–water partition coefficient (Wildman–Crippen LogP) is 0.442. The van der Waals surface area contributed by atoms with E-state index in [9.17, 15) is 4.39 Å². The molecule has 2 atom stereocenters. The van der Waals surface area contributed by atoms with E-state index in [0.29, 0.717) is 24.4 Å². The van der Waals surface area contributed by atoms with Crippen molar-refractivity contribution in [2.75, 3.05) is 18.1 Å². The molecule has 2 N–H and O–H groups in total. The number of morpholine rings is 1. The van der Waals surface area contributed by atoms with Crippen LogP contribution in [-0.2, 0) is 4.74 Å². The monoisotopic (exact) mass is 342 g/mol. The molecule has 0 aromatic carbocycles. The van der Waals surface area contributed by atoms with Gasteiger partial charge in [0, 0.05) is 12.7 Å². The van der Waals surface area contributed by atoms with Crippen LogP contribution in [0.3, 0.4) is 0 Å². The van der Waals surface area contributed by atoms with Gasteiger partial charge in [0.25, 0.3) is 0 Å². The highest BCUT2D eigenvalue weighted by Gasteiger charge is 2.47. The summed E-state index contributed by atoms with van der Waals surface area (Å²) in [5, 5.41) is 17.9. The van der Waals surface area contributed by atoms with Crippen LogP contribution >= 0.6 is 11.6 Å². The molecule has 0 spiro atoms. The molecule has 1 saturated carbocycles. The summed E-state index contributed by atoms with van der Waals surface area (Å²) in [6.45, 7) is -1.02. The van der Waals surface area contributed by atoms with E-state index in [0.717, 1.165) is 6.42 Å². The molecule has 4 rings (SSSR count). The maximum absolute atomic E-state index is 14.3. The van der Waals surface area contributed by atoms with Gasteiger partial charge in [0.1, 0.15) is 11.3 Å². The molecule has 8 nitrogen and oxygen atoms in total. The second-order valence-electron chi connectivity index (χ2n) is 5.30. The number of nitrogens with zero attached hydrogens (tertiary/aromatic N) is 4. The molecular weight excluding hydrogens is 331 g/mol. The molecule has 1 aliphatic heterocycles. The van der Waals surface area contributed by atoms with Crippen LogP contribution < -0.4 is 9.64 Å². The van der Waals surface area contributed by atoms with Gasteiger partial charge in [0.2, 0.25) is 0 Å². The molecule has 1 saturated heterocycles. The van der Waals surface area contributed by atoms with Gasteiger partial charge in [0.05, 0.1) is 24.1 Å². The predicted molar refractivity (Wildman–Crippen MR) is 76.6 cm³/mol. The van der Waals surface area contributed by atoms with E-state index in [-0.39, 0.29) is 28.8 Å². The smallest absolute Gasteiger partial charge is 0.323 e. The zero-order valence-electron chi connectivity index (χ0n) is 11.7. The van der Waals surface area contributed by atoms with Crippen LogP contribution in [-0.4, -0.2) is 56.9 Å². The summed E-state index contributed by atoms with van der Waals surface area (Å²) in [6.07, 6.45) is 2.38. The van der Waals surface area contributed by atoms with Crippen molar-refractivity contribution < 1.29 is 24.1 Å². The second-order valence-corrected chi connectivity index (χ2v) is 5.66. The van der Waals surface area contributed by atoms with Crippen molar-refractivity contribution in [1.29, 1.82) is 0 Å². The minimum Gasteiger partial charge on any atom is -0.408 e. The minimum absolute atomic E-state index is 0.0886. The summed E-state index contributed by atoms with van der Waals surface area (Å²) < 4.78 is 24.5. The largest absolute Gasteiger partial charge is 0.408 e. The Kier molecular flexibility index (Phi) is 3.45. The van der Waals surface area contributed by atoms with Crippen molar-refractivity contribution in [3.63, 3.8) is 0 Å². The van der Waals surface area contributed by atoms with Crippen LogP contribution in [0.15, 0.2) is 6.20 Å². The maximum atomic E-state index is 14.3. The number of aliphatic hydroxyl groups excluding tert-OH is 1. The molecule has 2 fully saturated rings. The molecule has 2 aromatic heterocycles. The van der Waals surface area contributed by atoms with E-state index in [4.69, 9.17) is 31.3 Å². The number of pyridine rings is 1. The molecule has 10 heteroatoms. The third kappa shape index (κ3) is 2.55. The molecule has 1 aliphatic carbocycles. The summed E-state index contributed by atoms with van der Waals surface area (Å²) in [7, 11) is 0. The quantitative estimate of drug-likeness (QED) is 0.612. The first-order chi connectivity index (χ1) is 11.0. The van der Waals surface area contributed by atoms with Crippen molar-refractivity contribution in [2.24, 2.45) is 0 Å². The summed E-state index contributed by atoms with van der Waals surface area (Å²) in [4.78, 5) is 13.8. The first-order valence-corrected chi connectivity index (χ1v) is 7.35. The lowest BCUT2D eigenvalue weighted by Gasteiger charge is -2.28. The van der Waals surface area contributed by atoms with Gasteiger partial charge in [-0.05, 0) is 6.42 Å². The average molecular weight is 343 g/mol. The lowest BCUT2D eigenvalue weighted by molar-refractivity contribution is -0.183. The van der Waals surface area contributed by atoms with Gasteiger partial charge in [-0.25, -0.2) is 9.37 Å². The Bertz CT molecular complexity index is 777. The topological polar surface area (TPSA) is 101 Å². The molecule has 0 bridgehead atoms.